The van der Waals surface area contributed by atoms with Crippen LogP contribution in [0.4, 0.5) is 10.2 Å². The first-order chi connectivity index (χ1) is 14.5. The Morgan fingerprint density at radius 2 is 2.16 bits per heavy atom. The van der Waals surface area contributed by atoms with Gasteiger partial charge < -0.3 is 25.0 Å². The standard InChI is InChI=1S/C21H26FN5O3.HI/c1-23-21(25-12-14-6-7-18(29-2)16(11-14)20(28)30-3)26-15-8-10-27(13-15)19-17(22)5-4-9-24-19;/h4-7,9,11,15H,8,10,12-13H2,1-3H3,(H2,23,25,26);1H. The number of hydrogen-bond donors (Lipinski definition) is 2. The molecule has 0 aliphatic carbocycles. The lowest BCUT2D eigenvalue weighted by Gasteiger charge is -2.20. The van der Waals surface area contributed by atoms with Gasteiger partial charge in [0.25, 0.3) is 0 Å². The largest absolute Gasteiger partial charge is 0.496 e. The molecule has 0 spiro atoms. The predicted molar refractivity (Wildman–Crippen MR) is 128 cm³/mol. The number of benzene rings is 1. The number of nitrogens with zero attached hydrogens (tertiary/aromatic N) is 3. The van der Waals surface area contributed by atoms with Crippen molar-refractivity contribution in [3.8, 4) is 5.75 Å². The molecule has 2 N–H and O–H groups in total. The van der Waals surface area contributed by atoms with Gasteiger partial charge in [0.05, 0.1) is 14.2 Å². The summed E-state index contributed by atoms with van der Waals surface area (Å²) in [4.78, 5) is 22.3. The van der Waals surface area contributed by atoms with Crippen molar-refractivity contribution >= 4 is 41.7 Å². The lowest BCUT2D eigenvalue weighted by Crippen LogP contribution is -2.44. The second-order valence-electron chi connectivity index (χ2n) is 6.84. The number of nitrogens with one attached hydrogen (secondary N) is 2. The molecule has 168 valence electrons. The molecule has 1 aliphatic heterocycles. The fourth-order valence-electron chi connectivity index (χ4n) is 3.39. The first-order valence-electron chi connectivity index (χ1n) is 9.63. The quantitative estimate of drug-likeness (QED) is 0.251. The molecular weight excluding hydrogens is 516 g/mol. The van der Waals surface area contributed by atoms with Crippen LogP contribution in [0.15, 0.2) is 41.5 Å². The van der Waals surface area contributed by atoms with E-state index in [1.165, 1.54) is 20.3 Å². The molecule has 1 atom stereocenters. The summed E-state index contributed by atoms with van der Waals surface area (Å²) in [7, 11) is 4.53. The van der Waals surface area contributed by atoms with E-state index >= 15 is 0 Å². The molecule has 3 rings (SSSR count). The van der Waals surface area contributed by atoms with E-state index in [0.717, 1.165) is 12.0 Å². The van der Waals surface area contributed by atoms with Gasteiger partial charge in [-0.3, -0.25) is 4.99 Å². The molecule has 1 unspecified atom stereocenters. The average Bonchev–Trinajstić information content (AvgIpc) is 3.24. The molecule has 1 aromatic carbocycles. The Kier molecular flexibility index (Phi) is 9.28. The van der Waals surface area contributed by atoms with Crippen molar-refractivity contribution in [3.63, 3.8) is 0 Å². The van der Waals surface area contributed by atoms with Gasteiger partial charge in [-0.1, -0.05) is 6.07 Å². The smallest absolute Gasteiger partial charge is 0.341 e. The van der Waals surface area contributed by atoms with Crippen LogP contribution >= 0.6 is 24.0 Å². The number of aliphatic imine (C=N–C) groups is 1. The highest BCUT2D eigenvalue weighted by molar-refractivity contribution is 14.0. The number of esters is 1. The number of aromatic nitrogens is 1. The maximum Gasteiger partial charge on any atom is 0.341 e. The van der Waals surface area contributed by atoms with E-state index in [0.29, 0.717) is 42.7 Å². The number of guanidine groups is 1. The summed E-state index contributed by atoms with van der Waals surface area (Å²) >= 11 is 0. The SMILES string of the molecule is CN=C(NCc1ccc(OC)c(C(=O)OC)c1)NC1CCN(c2ncccc2F)C1.I. The van der Waals surface area contributed by atoms with Crippen molar-refractivity contribution < 1.29 is 18.7 Å². The maximum atomic E-state index is 14.0. The minimum absolute atomic E-state index is 0. The predicted octanol–water partition coefficient (Wildman–Crippen LogP) is 2.58. The molecule has 1 aliphatic rings. The summed E-state index contributed by atoms with van der Waals surface area (Å²) in [5, 5.41) is 6.59. The second-order valence-corrected chi connectivity index (χ2v) is 6.84. The highest BCUT2D eigenvalue weighted by Crippen LogP contribution is 2.22. The summed E-state index contributed by atoms with van der Waals surface area (Å²) in [6, 6.07) is 8.44. The van der Waals surface area contributed by atoms with Gasteiger partial charge in [-0.05, 0) is 36.2 Å². The zero-order valence-electron chi connectivity index (χ0n) is 17.7. The summed E-state index contributed by atoms with van der Waals surface area (Å²) in [6.07, 6.45) is 2.43. The molecule has 2 heterocycles. The van der Waals surface area contributed by atoms with E-state index < -0.39 is 5.97 Å². The zero-order valence-corrected chi connectivity index (χ0v) is 20.1. The Bertz CT molecular complexity index is 928. The Morgan fingerprint density at radius 3 is 2.84 bits per heavy atom. The molecule has 1 fully saturated rings. The van der Waals surface area contributed by atoms with Crippen LogP contribution in [0.2, 0.25) is 0 Å². The minimum Gasteiger partial charge on any atom is -0.496 e. The summed E-state index contributed by atoms with van der Waals surface area (Å²) in [6.45, 7) is 1.80. The van der Waals surface area contributed by atoms with Crippen LogP contribution in [0.25, 0.3) is 0 Å². The number of carbonyl (C=O) groups excluding carboxylic acids is 1. The number of methoxy groups -OCH3 is 2. The first kappa shape index (κ1) is 24.6. The maximum absolute atomic E-state index is 14.0. The Labute approximate surface area is 198 Å². The molecule has 0 bridgehead atoms. The number of hydrogen-bond acceptors (Lipinski definition) is 6. The van der Waals surface area contributed by atoms with Crippen LogP contribution in [-0.2, 0) is 11.3 Å². The van der Waals surface area contributed by atoms with Crippen molar-refractivity contribution in [1.29, 1.82) is 0 Å². The Morgan fingerprint density at radius 1 is 1.35 bits per heavy atom. The van der Waals surface area contributed by atoms with Crippen molar-refractivity contribution in [2.24, 2.45) is 4.99 Å². The molecule has 0 radical (unpaired) electrons. The van der Waals surface area contributed by atoms with E-state index in [4.69, 9.17) is 9.47 Å². The van der Waals surface area contributed by atoms with Crippen LogP contribution in [0.3, 0.4) is 0 Å². The van der Waals surface area contributed by atoms with Crippen LogP contribution in [0.1, 0.15) is 22.3 Å². The molecule has 10 heteroatoms. The molecule has 1 aromatic heterocycles. The lowest BCUT2D eigenvalue weighted by atomic mass is 10.1. The van der Waals surface area contributed by atoms with Crippen LogP contribution in [-0.4, -0.2) is 57.3 Å². The number of carbonyl (C=O) groups is 1. The average molecular weight is 543 g/mol. The van der Waals surface area contributed by atoms with Crippen molar-refractivity contribution in [1.82, 2.24) is 15.6 Å². The fourth-order valence-corrected chi connectivity index (χ4v) is 3.39. The lowest BCUT2D eigenvalue weighted by molar-refractivity contribution is 0.0597. The van der Waals surface area contributed by atoms with Gasteiger partial charge in [0, 0.05) is 38.9 Å². The highest BCUT2D eigenvalue weighted by atomic mass is 127. The number of ether oxygens (including phenoxy) is 2. The van der Waals surface area contributed by atoms with E-state index in [1.54, 1.807) is 31.4 Å². The van der Waals surface area contributed by atoms with Crippen LogP contribution < -0.4 is 20.3 Å². The van der Waals surface area contributed by atoms with E-state index in [-0.39, 0.29) is 35.8 Å². The molecule has 31 heavy (non-hydrogen) atoms. The molecule has 8 nitrogen and oxygen atoms in total. The fraction of sp³-hybridized carbons (Fsp3) is 0.381. The van der Waals surface area contributed by atoms with E-state index in [9.17, 15) is 9.18 Å². The zero-order chi connectivity index (χ0) is 21.5. The van der Waals surface area contributed by atoms with Gasteiger partial charge in [0.1, 0.15) is 11.3 Å². The Hall–Kier alpha value is -2.63. The molecule has 0 saturated carbocycles. The number of anilines is 1. The molecule has 0 amide bonds. The number of halogens is 2. The van der Waals surface area contributed by atoms with Gasteiger partial charge >= 0.3 is 5.97 Å². The highest BCUT2D eigenvalue weighted by Gasteiger charge is 2.26. The topological polar surface area (TPSA) is 88.1 Å². The van der Waals surface area contributed by atoms with Gasteiger partial charge in [-0.15, -0.1) is 24.0 Å². The number of pyridine rings is 1. The molecule has 1 saturated heterocycles. The van der Waals surface area contributed by atoms with Crippen LogP contribution in [0, 0.1) is 5.82 Å². The first-order valence-corrected chi connectivity index (χ1v) is 9.63. The van der Waals surface area contributed by atoms with Crippen molar-refractivity contribution in [2.45, 2.75) is 19.0 Å². The second kappa shape index (κ2) is 11.7. The number of rotatable bonds is 6. The van der Waals surface area contributed by atoms with Gasteiger partial charge in [0.2, 0.25) is 0 Å². The summed E-state index contributed by atoms with van der Waals surface area (Å²) in [5.74, 6) is 0.684. The van der Waals surface area contributed by atoms with E-state index in [2.05, 4.69) is 20.6 Å². The van der Waals surface area contributed by atoms with E-state index in [1.807, 2.05) is 11.0 Å². The van der Waals surface area contributed by atoms with Gasteiger partial charge in [-0.2, -0.15) is 0 Å². The summed E-state index contributed by atoms with van der Waals surface area (Å²) < 4.78 is 24.0. The van der Waals surface area contributed by atoms with Crippen molar-refractivity contribution in [2.75, 3.05) is 39.3 Å². The van der Waals surface area contributed by atoms with Crippen molar-refractivity contribution in [3.05, 3.63) is 53.5 Å². The molecular formula is C21H27FIN5O3. The van der Waals surface area contributed by atoms with Gasteiger partial charge in [-0.25, -0.2) is 14.2 Å². The third-order valence-electron chi connectivity index (χ3n) is 4.92. The normalized spacial score (nSPS) is 15.8. The summed E-state index contributed by atoms with van der Waals surface area (Å²) in [5.41, 5.74) is 1.24. The third kappa shape index (κ3) is 6.18. The molecule has 2 aromatic rings. The van der Waals surface area contributed by atoms with Gasteiger partial charge in [0.15, 0.2) is 17.6 Å². The minimum atomic E-state index is -0.455. The third-order valence-corrected chi connectivity index (χ3v) is 4.92. The Balaban J connectivity index is 0.00000341. The monoisotopic (exact) mass is 543 g/mol. The van der Waals surface area contributed by atoms with Crippen LogP contribution in [0.5, 0.6) is 5.75 Å².